The molecule has 5 heteroatoms. The molecule has 1 aromatic rings. The van der Waals surface area contributed by atoms with Crippen LogP contribution in [0.5, 0.6) is 0 Å². The quantitative estimate of drug-likeness (QED) is 0.820. The van der Waals surface area contributed by atoms with Gasteiger partial charge in [0.25, 0.3) is 0 Å². The molecule has 2 atom stereocenters. The minimum absolute atomic E-state index is 0.209. The van der Waals surface area contributed by atoms with Gasteiger partial charge in [0.1, 0.15) is 0 Å². The monoisotopic (exact) mass is 340 g/mol. The Morgan fingerprint density at radius 2 is 2.20 bits per heavy atom. The number of hydrogen-bond acceptors (Lipinski definition) is 4. The van der Waals surface area contributed by atoms with Gasteiger partial charge in [-0.3, -0.25) is 9.69 Å². The summed E-state index contributed by atoms with van der Waals surface area (Å²) >= 11 is 0. The molecular weight excluding hydrogens is 312 g/mol. The average Bonchev–Trinajstić information content (AvgIpc) is 3.07. The lowest BCUT2D eigenvalue weighted by Gasteiger charge is -2.27. The van der Waals surface area contributed by atoms with Crippen molar-refractivity contribution in [1.29, 1.82) is 5.26 Å². The number of nitrogens with zero attached hydrogens (tertiary/aromatic N) is 4. The van der Waals surface area contributed by atoms with E-state index in [1.54, 1.807) is 0 Å². The SMILES string of the molecule is C[C@@H]1CN(Cc2cccc(C#N)c2)C[C@]12CCN(CCN(C)C)C2=O. The zero-order valence-electron chi connectivity index (χ0n) is 15.5. The van der Waals surface area contributed by atoms with Crippen LogP contribution in [0.25, 0.3) is 0 Å². The molecule has 3 rings (SSSR count). The minimum Gasteiger partial charge on any atom is -0.341 e. The molecule has 0 aromatic heterocycles. The molecule has 0 bridgehead atoms. The number of rotatable bonds is 5. The Morgan fingerprint density at radius 1 is 1.40 bits per heavy atom. The Morgan fingerprint density at radius 3 is 2.92 bits per heavy atom. The Hall–Kier alpha value is -1.90. The van der Waals surface area contributed by atoms with Crippen molar-refractivity contribution in [3.63, 3.8) is 0 Å². The van der Waals surface area contributed by atoms with Crippen molar-refractivity contribution in [3.8, 4) is 6.07 Å². The van der Waals surface area contributed by atoms with Crippen LogP contribution in [0.3, 0.4) is 0 Å². The van der Waals surface area contributed by atoms with Gasteiger partial charge in [0.05, 0.1) is 17.0 Å². The summed E-state index contributed by atoms with van der Waals surface area (Å²) in [5.41, 5.74) is 1.64. The summed E-state index contributed by atoms with van der Waals surface area (Å²) in [6.45, 7) is 7.44. The summed E-state index contributed by atoms with van der Waals surface area (Å²) in [5.74, 6) is 0.721. The maximum absolute atomic E-state index is 13.1. The van der Waals surface area contributed by atoms with Crippen LogP contribution in [0.4, 0.5) is 0 Å². The van der Waals surface area contributed by atoms with Gasteiger partial charge in [-0.15, -0.1) is 0 Å². The fourth-order valence-electron chi connectivity index (χ4n) is 4.30. The number of nitriles is 1. The smallest absolute Gasteiger partial charge is 0.230 e. The lowest BCUT2D eigenvalue weighted by Crippen LogP contribution is -2.41. The fourth-order valence-corrected chi connectivity index (χ4v) is 4.30. The van der Waals surface area contributed by atoms with E-state index in [1.807, 2.05) is 32.3 Å². The van der Waals surface area contributed by atoms with E-state index in [2.05, 4.69) is 33.8 Å². The second kappa shape index (κ2) is 7.15. The largest absolute Gasteiger partial charge is 0.341 e. The van der Waals surface area contributed by atoms with E-state index < -0.39 is 0 Å². The standard InChI is InChI=1S/C20H28N4O/c1-16-13-23(14-18-6-4-5-17(11-18)12-21)15-20(16)7-8-24(19(20)25)10-9-22(2)3/h4-6,11,16H,7-10,13-15H2,1-3H3/t16-,20-/m1/s1. The number of likely N-dealkylation sites (N-methyl/N-ethyl adjacent to an activating group) is 1. The Balaban J connectivity index is 1.67. The number of carbonyl (C=O) groups is 1. The van der Waals surface area contributed by atoms with Crippen LogP contribution in [-0.4, -0.2) is 67.4 Å². The molecule has 5 nitrogen and oxygen atoms in total. The van der Waals surface area contributed by atoms with Gasteiger partial charge in [0.15, 0.2) is 0 Å². The lowest BCUT2D eigenvalue weighted by atomic mass is 9.78. The van der Waals surface area contributed by atoms with E-state index >= 15 is 0 Å². The van der Waals surface area contributed by atoms with Crippen molar-refractivity contribution in [1.82, 2.24) is 14.7 Å². The number of likely N-dealkylation sites (tertiary alicyclic amines) is 2. The second-order valence-electron chi connectivity index (χ2n) is 7.88. The van der Waals surface area contributed by atoms with Crippen LogP contribution < -0.4 is 0 Å². The second-order valence-corrected chi connectivity index (χ2v) is 7.88. The maximum Gasteiger partial charge on any atom is 0.230 e. The third-order valence-corrected chi connectivity index (χ3v) is 5.80. The van der Waals surface area contributed by atoms with E-state index in [9.17, 15) is 4.79 Å². The van der Waals surface area contributed by atoms with Gasteiger partial charge in [0, 0.05) is 39.3 Å². The van der Waals surface area contributed by atoms with Crippen molar-refractivity contribution in [2.24, 2.45) is 11.3 Å². The Labute approximate surface area is 150 Å². The van der Waals surface area contributed by atoms with Crippen LogP contribution >= 0.6 is 0 Å². The van der Waals surface area contributed by atoms with Gasteiger partial charge in [-0.05, 0) is 44.1 Å². The van der Waals surface area contributed by atoms with Gasteiger partial charge in [-0.1, -0.05) is 19.1 Å². The lowest BCUT2D eigenvalue weighted by molar-refractivity contribution is -0.137. The predicted octanol–water partition coefficient (Wildman–Crippen LogP) is 1.79. The normalized spacial score (nSPS) is 26.8. The van der Waals surface area contributed by atoms with Crippen molar-refractivity contribution in [3.05, 3.63) is 35.4 Å². The van der Waals surface area contributed by atoms with Crippen molar-refractivity contribution < 1.29 is 4.79 Å². The Bertz CT molecular complexity index is 681. The Kier molecular flexibility index (Phi) is 5.12. The van der Waals surface area contributed by atoms with E-state index in [0.717, 1.165) is 51.3 Å². The van der Waals surface area contributed by atoms with Crippen LogP contribution in [0.1, 0.15) is 24.5 Å². The molecule has 0 unspecified atom stereocenters. The summed E-state index contributed by atoms with van der Waals surface area (Å²) in [7, 11) is 4.09. The fraction of sp³-hybridized carbons (Fsp3) is 0.600. The van der Waals surface area contributed by atoms with Crippen LogP contribution in [0.2, 0.25) is 0 Å². The zero-order valence-corrected chi connectivity index (χ0v) is 15.5. The molecule has 0 saturated carbocycles. The minimum atomic E-state index is -0.209. The topological polar surface area (TPSA) is 50.6 Å². The van der Waals surface area contributed by atoms with E-state index in [-0.39, 0.29) is 5.41 Å². The van der Waals surface area contributed by atoms with E-state index in [0.29, 0.717) is 17.4 Å². The van der Waals surface area contributed by atoms with E-state index in [1.165, 1.54) is 0 Å². The third kappa shape index (κ3) is 3.56. The molecule has 2 heterocycles. The zero-order chi connectivity index (χ0) is 18.0. The molecule has 2 fully saturated rings. The number of carbonyl (C=O) groups excluding carboxylic acids is 1. The third-order valence-electron chi connectivity index (χ3n) is 5.80. The summed E-state index contributed by atoms with van der Waals surface area (Å²) in [6.07, 6.45) is 0.967. The average molecular weight is 340 g/mol. The highest BCUT2D eigenvalue weighted by atomic mass is 16.2. The number of hydrogen-bond donors (Lipinski definition) is 0. The molecule has 0 N–H and O–H groups in total. The molecule has 1 spiro atoms. The van der Waals surface area contributed by atoms with Crippen molar-refractivity contribution in [2.75, 3.05) is 46.8 Å². The first-order valence-electron chi connectivity index (χ1n) is 9.10. The molecule has 0 aliphatic carbocycles. The summed E-state index contributed by atoms with van der Waals surface area (Å²) in [5, 5.41) is 9.07. The predicted molar refractivity (Wildman–Crippen MR) is 97.8 cm³/mol. The number of amides is 1. The highest BCUT2D eigenvalue weighted by Gasteiger charge is 2.54. The first-order valence-corrected chi connectivity index (χ1v) is 9.10. The van der Waals surface area contributed by atoms with E-state index in [4.69, 9.17) is 5.26 Å². The van der Waals surface area contributed by atoms with Crippen LogP contribution in [0.15, 0.2) is 24.3 Å². The maximum atomic E-state index is 13.1. The molecule has 2 aliphatic rings. The highest BCUT2D eigenvalue weighted by Crippen LogP contribution is 2.44. The van der Waals surface area contributed by atoms with Gasteiger partial charge in [-0.2, -0.15) is 5.26 Å². The molecule has 0 radical (unpaired) electrons. The summed E-state index contributed by atoms with van der Waals surface area (Å²) < 4.78 is 0. The molecule has 1 aromatic carbocycles. The summed E-state index contributed by atoms with van der Waals surface area (Å²) in [4.78, 5) is 19.7. The molecule has 1 amide bonds. The molecule has 2 aliphatic heterocycles. The molecule has 25 heavy (non-hydrogen) atoms. The highest BCUT2D eigenvalue weighted by molar-refractivity contribution is 5.86. The van der Waals surface area contributed by atoms with Gasteiger partial charge < -0.3 is 9.80 Å². The van der Waals surface area contributed by atoms with Gasteiger partial charge >= 0.3 is 0 Å². The molecule has 134 valence electrons. The van der Waals surface area contributed by atoms with Crippen molar-refractivity contribution in [2.45, 2.75) is 19.9 Å². The summed E-state index contributed by atoms with van der Waals surface area (Å²) in [6, 6.07) is 9.99. The first-order chi connectivity index (χ1) is 11.9. The van der Waals surface area contributed by atoms with Crippen LogP contribution in [0, 0.1) is 22.7 Å². The van der Waals surface area contributed by atoms with Crippen LogP contribution in [-0.2, 0) is 11.3 Å². The molecule has 2 saturated heterocycles. The molecular formula is C20H28N4O. The first kappa shape index (κ1) is 17.9. The van der Waals surface area contributed by atoms with Crippen molar-refractivity contribution >= 4 is 5.91 Å². The van der Waals surface area contributed by atoms with Gasteiger partial charge in [-0.25, -0.2) is 0 Å². The van der Waals surface area contributed by atoms with Gasteiger partial charge in [0.2, 0.25) is 5.91 Å². The number of benzene rings is 1.